The topological polar surface area (TPSA) is 28.4 Å². The molecule has 1 saturated heterocycles. The maximum atomic E-state index is 5.92. The van der Waals surface area contributed by atoms with Gasteiger partial charge in [0.2, 0.25) is 0 Å². The predicted octanol–water partition coefficient (Wildman–Crippen LogP) is 2.29. The minimum atomic E-state index is 0.831. The van der Waals surface area contributed by atoms with Gasteiger partial charge in [-0.05, 0) is 50.8 Å². The van der Waals surface area contributed by atoms with Gasteiger partial charge in [0.1, 0.15) is 11.5 Å². The van der Waals surface area contributed by atoms with E-state index in [1.54, 1.807) is 0 Å². The highest BCUT2D eigenvalue weighted by Gasteiger charge is 2.37. The van der Waals surface area contributed by atoms with E-state index in [4.69, 9.17) is 4.42 Å². The molecule has 3 nitrogen and oxygen atoms in total. The van der Waals surface area contributed by atoms with Gasteiger partial charge in [0.05, 0.1) is 13.1 Å². The van der Waals surface area contributed by atoms with Gasteiger partial charge in [0.25, 0.3) is 0 Å². The first-order chi connectivity index (χ1) is 8.26. The van der Waals surface area contributed by atoms with Crippen LogP contribution in [0.2, 0.25) is 0 Å². The molecule has 2 unspecified atom stereocenters. The summed E-state index contributed by atoms with van der Waals surface area (Å²) in [5, 5.41) is 3.15. The molecule has 2 fully saturated rings. The third-order valence-corrected chi connectivity index (χ3v) is 4.29. The number of nitrogens with zero attached hydrogens (tertiary/aromatic N) is 1. The summed E-state index contributed by atoms with van der Waals surface area (Å²) in [4.78, 5) is 2.61. The second kappa shape index (κ2) is 4.46. The Morgan fingerprint density at radius 3 is 3.00 bits per heavy atom. The molecule has 2 atom stereocenters. The van der Waals surface area contributed by atoms with Crippen molar-refractivity contribution in [1.82, 2.24) is 10.2 Å². The number of furan rings is 1. The number of aryl methyl sites for hydroxylation is 1. The van der Waals surface area contributed by atoms with E-state index in [-0.39, 0.29) is 0 Å². The lowest BCUT2D eigenvalue weighted by molar-refractivity contribution is 0.189. The Hall–Kier alpha value is -0.800. The summed E-state index contributed by atoms with van der Waals surface area (Å²) in [5.74, 6) is 3.19. The molecule has 1 aromatic rings. The summed E-state index contributed by atoms with van der Waals surface area (Å²) in [5.41, 5.74) is 1.28. The molecule has 2 heterocycles. The maximum absolute atomic E-state index is 5.92. The minimum Gasteiger partial charge on any atom is -0.463 e. The molecule has 0 spiro atoms. The Balaban J connectivity index is 1.67. The molecule has 0 amide bonds. The maximum Gasteiger partial charge on any atom is 0.120 e. The largest absolute Gasteiger partial charge is 0.463 e. The van der Waals surface area contributed by atoms with Gasteiger partial charge in [0.15, 0.2) is 0 Å². The first-order valence-corrected chi connectivity index (χ1v) is 6.73. The van der Waals surface area contributed by atoms with Crippen molar-refractivity contribution in [3.05, 3.63) is 23.2 Å². The zero-order valence-electron chi connectivity index (χ0n) is 10.8. The van der Waals surface area contributed by atoms with Crippen molar-refractivity contribution in [3.8, 4) is 0 Å². The number of piperidine rings is 1. The Morgan fingerprint density at radius 1 is 1.47 bits per heavy atom. The Kier molecular flexibility index (Phi) is 2.97. The summed E-state index contributed by atoms with van der Waals surface area (Å²) in [6.45, 7) is 5.26. The summed E-state index contributed by atoms with van der Waals surface area (Å²) in [6, 6.07) is 3.04. The predicted molar refractivity (Wildman–Crippen MR) is 67.7 cm³/mol. The number of likely N-dealkylation sites (tertiary alicyclic amines) is 1. The highest BCUT2D eigenvalue weighted by Crippen LogP contribution is 2.38. The van der Waals surface area contributed by atoms with E-state index in [0.717, 1.165) is 36.6 Å². The Labute approximate surface area is 103 Å². The van der Waals surface area contributed by atoms with Crippen molar-refractivity contribution in [2.75, 3.05) is 13.6 Å². The first kappa shape index (κ1) is 11.3. The van der Waals surface area contributed by atoms with Crippen LogP contribution in [0.5, 0.6) is 0 Å². The first-order valence-electron chi connectivity index (χ1n) is 6.73. The van der Waals surface area contributed by atoms with Gasteiger partial charge in [-0.25, -0.2) is 0 Å². The average Bonchev–Trinajstić information content (AvgIpc) is 2.96. The van der Waals surface area contributed by atoms with Gasteiger partial charge in [-0.15, -0.1) is 0 Å². The third-order valence-electron chi connectivity index (χ3n) is 4.29. The van der Waals surface area contributed by atoms with Crippen molar-refractivity contribution in [3.63, 3.8) is 0 Å². The molecule has 3 rings (SSSR count). The molecule has 1 aliphatic heterocycles. The molecule has 1 aliphatic carbocycles. The smallest absolute Gasteiger partial charge is 0.120 e. The van der Waals surface area contributed by atoms with Crippen LogP contribution in [0, 0.1) is 12.8 Å². The van der Waals surface area contributed by atoms with Gasteiger partial charge < -0.3 is 9.73 Å². The van der Waals surface area contributed by atoms with Crippen LogP contribution >= 0.6 is 0 Å². The average molecular weight is 234 g/mol. The second-order valence-electron chi connectivity index (χ2n) is 5.61. The lowest BCUT2D eigenvalue weighted by Gasteiger charge is -2.25. The van der Waals surface area contributed by atoms with Crippen LogP contribution in [0.3, 0.4) is 0 Å². The molecule has 0 aromatic carbocycles. The number of hydrogen-bond donors (Lipinski definition) is 1. The second-order valence-corrected chi connectivity index (χ2v) is 5.61. The van der Waals surface area contributed by atoms with Crippen molar-refractivity contribution >= 4 is 0 Å². The molecule has 0 radical (unpaired) electrons. The number of hydrogen-bond acceptors (Lipinski definition) is 3. The lowest BCUT2D eigenvalue weighted by Crippen LogP contribution is -2.31. The van der Waals surface area contributed by atoms with Gasteiger partial charge in [-0.3, -0.25) is 4.90 Å². The van der Waals surface area contributed by atoms with Crippen molar-refractivity contribution in [2.24, 2.45) is 5.92 Å². The highest BCUT2D eigenvalue weighted by atomic mass is 16.3. The fraction of sp³-hybridized carbons (Fsp3) is 0.714. The van der Waals surface area contributed by atoms with Crippen LogP contribution in [-0.4, -0.2) is 24.5 Å². The van der Waals surface area contributed by atoms with Crippen molar-refractivity contribution < 1.29 is 4.42 Å². The van der Waals surface area contributed by atoms with E-state index in [1.807, 2.05) is 7.05 Å². The van der Waals surface area contributed by atoms with E-state index in [0.29, 0.717) is 0 Å². The van der Waals surface area contributed by atoms with Crippen molar-refractivity contribution in [2.45, 2.75) is 45.3 Å². The molecule has 17 heavy (non-hydrogen) atoms. The molecule has 1 aromatic heterocycles. The SMILES string of the molecule is CNCc1oc(CN2CC3CCC2C3)cc1C. The van der Waals surface area contributed by atoms with Crippen LogP contribution in [0.4, 0.5) is 0 Å². The van der Waals surface area contributed by atoms with Crippen LogP contribution in [0.25, 0.3) is 0 Å². The van der Waals surface area contributed by atoms with Gasteiger partial charge in [0, 0.05) is 12.6 Å². The van der Waals surface area contributed by atoms with E-state index in [9.17, 15) is 0 Å². The summed E-state index contributed by atoms with van der Waals surface area (Å²) in [7, 11) is 1.96. The Morgan fingerprint density at radius 2 is 2.35 bits per heavy atom. The number of fused-ring (bicyclic) bond motifs is 2. The van der Waals surface area contributed by atoms with Gasteiger partial charge >= 0.3 is 0 Å². The molecule has 2 aliphatic rings. The van der Waals surface area contributed by atoms with E-state index in [1.165, 1.54) is 31.4 Å². The minimum absolute atomic E-state index is 0.831. The summed E-state index contributed by atoms with van der Waals surface area (Å²) >= 11 is 0. The van der Waals surface area contributed by atoms with Crippen LogP contribution in [0.15, 0.2) is 10.5 Å². The molecule has 3 heteroatoms. The van der Waals surface area contributed by atoms with E-state index in [2.05, 4.69) is 23.2 Å². The molecular formula is C14H22N2O. The summed E-state index contributed by atoms with van der Waals surface area (Å²) in [6.07, 6.45) is 4.26. The molecule has 94 valence electrons. The van der Waals surface area contributed by atoms with Gasteiger partial charge in [-0.2, -0.15) is 0 Å². The molecule has 1 N–H and O–H groups in total. The summed E-state index contributed by atoms with van der Waals surface area (Å²) < 4.78 is 5.92. The monoisotopic (exact) mass is 234 g/mol. The fourth-order valence-electron chi connectivity index (χ4n) is 3.42. The normalized spacial score (nSPS) is 28.1. The standard InChI is InChI=1S/C14H22N2O/c1-10-5-13(17-14(10)7-15-2)9-16-8-11-3-4-12(16)6-11/h5,11-12,15H,3-4,6-9H2,1-2H3. The molecular weight excluding hydrogens is 212 g/mol. The van der Waals surface area contributed by atoms with E-state index >= 15 is 0 Å². The molecule has 1 saturated carbocycles. The van der Waals surface area contributed by atoms with E-state index < -0.39 is 0 Å². The highest BCUT2D eigenvalue weighted by molar-refractivity contribution is 5.20. The zero-order valence-corrected chi connectivity index (χ0v) is 10.8. The Bertz CT molecular complexity index is 399. The third kappa shape index (κ3) is 2.14. The number of rotatable bonds is 4. The quantitative estimate of drug-likeness (QED) is 0.866. The lowest BCUT2D eigenvalue weighted by atomic mass is 10.1. The number of nitrogens with one attached hydrogen (secondary N) is 1. The van der Waals surface area contributed by atoms with Gasteiger partial charge in [-0.1, -0.05) is 0 Å². The fourth-order valence-corrected chi connectivity index (χ4v) is 3.42. The van der Waals surface area contributed by atoms with Crippen LogP contribution < -0.4 is 5.32 Å². The zero-order chi connectivity index (χ0) is 11.8. The van der Waals surface area contributed by atoms with Crippen molar-refractivity contribution in [1.29, 1.82) is 0 Å². The van der Waals surface area contributed by atoms with Crippen LogP contribution in [-0.2, 0) is 13.1 Å². The van der Waals surface area contributed by atoms with Crippen LogP contribution in [0.1, 0.15) is 36.3 Å². The molecule has 2 bridgehead atoms.